The van der Waals surface area contributed by atoms with Crippen LogP contribution in [0.5, 0.6) is 0 Å². The average molecular weight is 271 g/mol. The third-order valence-electron chi connectivity index (χ3n) is 3.05. The lowest BCUT2D eigenvalue weighted by Gasteiger charge is -2.05. The van der Waals surface area contributed by atoms with Crippen LogP contribution in [-0.4, -0.2) is 24.6 Å². The van der Waals surface area contributed by atoms with E-state index in [0.29, 0.717) is 12.2 Å². The normalized spacial score (nSPS) is 11.1. The molecule has 0 aliphatic rings. The minimum Gasteiger partial charge on any atom is -0.392 e. The number of aliphatic hydroxyl groups excluding tert-OH is 1. The predicted molar refractivity (Wildman–Crippen MR) is 74.0 cm³/mol. The Bertz CT molecular complexity index is 804. The molecule has 2 aromatic heterocycles. The van der Waals surface area contributed by atoms with Gasteiger partial charge < -0.3 is 15.4 Å². The van der Waals surface area contributed by atoms with Crippen molar-refractivity contribution in [3.8, 4) is 0 Å². The van der Waals surface area contributed by atoms with E-state index in [1.807, 2.05) is 24.3 Å². The smallest absolute Gasteiger partial charge is 0.280 e. The monoisotopic (exact) mass is 271 g/mol. The van der Waals surface area contributed by atoms with Crippen molar-refractivity contribution in [2.75, 3.05) is 5.73 Å². The highest BCUT2D eigenvalue weighted by atomic mass is 16.3. The van der Waals surface area contributed by atoms with Crippen LogP contribution >= 0.6 is 0 Å². The van der Waals surface area contributed by atoms with Gasteiger partial charge in [0.05, 0.1) is 19.5 Å². The molecule has 3 rings (SSSR count). The summed E-state index contributed by atoms with van der Waals surface area (Å²) in [4.78, 5) is 22.2. The van der Waals surface area contributed by atoms with Crippen molar-refractivity contribution in [3.63, 3.8) is 0 Å². The molecule has 3 aromatic rings. The first-order valence-corrected chi connectivity index (χ1v) is 6.06. The fourth-order valence-electron chi connectivity index (χ4n) is 2.03. The molecule has 0 radical (unpaired) electrons. The van der Waals surface area contributed by atoms with Crippen molar-refractivity contribution in [2.45, 2.75) is 13.2 Å². The maximum Gasteiger partial charge on any atom is 0.280 e. The Kier molecular flexibility index (Phi) is 2.96. The van der Waals surface area contributed by atoms with Crippen molar-refractivity contribution in [3.05, 3.63) is 52.1 Å². The van der Waals surface area contributed by atoms with Gasteiger partial charge in [-0.15, -0.1) is 0 Å². The van der Waals surface area contributed by atoms with Crippen LogP contribution in [0, 0.1) is 0 Å². The second-order valence-corrected chi connectivity index (χ2v) is 4.47. The Labute approximate surface area is 113 Å². The number of benzene rings is 1. The van der Waals surface area contributed by atoms with E-state index in [1.165, 1.54) is 0 Å². The number of nitrogens with one attached hydrogen (secondary N) is 1. The van der Waals surface area contributed by atoms with Gasteiger partial charge in [0.25, 0.3) is 5.56 Å². The minimum absolute atomic E-state index is 0.0156. The number of imidazole rings is 1. The number of nitrogens with two attached hydrogens (primary N) is 1. The lowest BCUT2D eigenvalue weighted by molar-refractivity contribution is 0.282. The molecule has 2 heterocycles. The molecule has 1 aromatic carbocycles. The second-order valence-electron chi connectivity index (χ2n) is 4.47. The summed E-state index contributed by atoms with van der Waals surface area (Å²) in [6.07, 6.45) is 1.56. The molecule has 20 heavy (non-hydrogen) atoms. The molecule has 0 spiro atoms. The number of aromatic amines is 1. The molecule has 0 aliphatic carbocycles. The van der Waals surface area contributed by atoms with E-state index in [4.69, 9.17) is 10.8 Å². The Balaban J connectivity index is 2.00. The lowest BCUT2D eigenvalue weighted by atomic mass is 10.1. The first-order chi connectivity index (χ1) is 9.67. The molecular weight excluding hydrogens is 258 g/mol. The summed E-state index contributed by atoms with van der Waals surface area (Å²) in [5, 5.41) is 9.01. The van der Waals surface area contributed by atoms with Crippen LogP contribution in [0.25, 0.3) is 11.2 Å². The SMILES string of the molecule is Nc1nc2c(ncn2Cc2ccc(CO)cc2)c(=O)[nH]1. The number of anilines is 1. The molecule has 7 heteroatoms. The maximum atomic E-state index is 11.7. The molecule has 102 valence electrons. The number of aliphatic hydroxyl groups is 1. The van der Waals surface area contributed by atoms with Crippen LogP contribution in [0.1, 0.15) is 11.1 Å². The Morgan fingerprint density at radius 1 is 1.25 bits per heavy atom. The van der Waals surface area contributed by atoms with E-state index in [-0.39, 0.29) is 23.6 Å². The molecule has 0 fully saturated rings. The Hall–Kier alpha value is -2.67. The van der Waals surface area contributed by atoms with E-state index < -0.39 is 0 Å². The van der Waals surface area contributed by atoms with Gasteiger partial charge in [-0.25, -0.2) is 4.98 Å². The predicted octanol–water partition coefficient (Wildman–Crippen LogP) is 0.242. The molecule has 0 aliphatic heterocycles. The fourth-order valence-corrected chi connectivity index (χ4v) is 2.03. The number of H-pyrrole nitrogens is 1. The Morgan fingerprint density at radius 3 is 2.65 bits per heavy atom. The maximum absolute atomic E-state index is 11.7. The number of rotatable bonds is 3. The average Bonchev–Trinajstić information content (AvgIpc) is 2.83. The van der Waals surface area contributed by atoms with Gasteiger partial charge in [0.2, 0.25) is 5.95 Å². The molecule has 0 saturated carbocycles. The van der Waals surface area contributed by atoms with Gasteiger partial charge in [0.1, 0.15) is 0 Å². The summed E-state index contributed by atoms with van der Waals surface area (Å²) in [5.74, 6) is 0.0693. The van der Waals surface area contributed by atoms with Gasteiger partial charge >= 0.3 is 0 Å². The van der Waals surface area contributed by atoms with Crippen LogP contribution in [-0.2, 0) is 13.2 Å². The zero-order valence-corrected chi connectivity index (χ0v) is 10.6. The van der Waals surface area contributed by atoms with Crippen molar-refractivity contribution >= 4 is 17.1 Å². The fraction of sp³-hybridized carbons (Fsp3) is 0.154. The van der Waals surface area contributed by atoms with Crippen LogP contribution in [0.3, 0.4) is 0 Å². The second kappa shape index (κ2) is 4.78. The number of nitrogens with zero attached hydrogens (tertiary/aromatic N) is 3. The number of nitrogen functional groups attached to an aromatic ring is 1. The molecule has 4 N–H and O–H groups in total. The van der Waals surface area contributed by atoms with Gasteiger partial charge in [-0.05, 0) is 11.1 Å². The number of fused-ring (bicyclic) bond motifs is 1. The van der Waals surface area contributed by atoms with E-state index in [9.17, 15) is 4.79 Å². The first-order valence-electron chi connectivity index (χ1n) is 6.06. The van der Waals surface area contributed by atoms with Crippen molar-refractivity contribution < 1.29 is 5.11 Å². The van der Waals surface area contributed by atoms with Crippen LogP contribution in [0.15, 0.2) is 35.4 Å². The third kappa shape index (κ3) is 2.14. The van der Waals surface area contributed by atoms with Crippen LogP contribution < -0.4 is 11.3 Å². The van der Waals surface area contributed by atoms with Crippen LogP contribution in [0.4, 0.5) is 5.95 Å². The van der Waals surface area contributed by atoms with Crippen molar-refractivity contribution in [1.29, 1.82) is 0 Å². The van der Waals surface area contributed by atoms with Gasteiger partial charge in [-0.1, -0.05) is 24.3 Å². The summed E-state index contributed by atoms with van der Waals surface area (Å²) >= 11 is 0. The van der Waals surface area contributed by atoms with Crippen LogP contribution in [0.2, 0.25) is 0 Å². The summed E-state index contributed by atoms with van der Waals surface area (Å²) in [7, 11) is 0. The zero-order chi connectivity index (χ0) is 14.1. The summed E-state index contributed by atoms with van der Waals surface area (Å²) in [5.41, 5.74) is 7.79. The zero-order valence-electron chi connectivity index (χ0n) is 10.6. The standard InChI is InChI=1S/C13H13N5O2/c14-13-16-11-10(12(20)17-13)15-7-18(11)5-8-1-3-9(6-19)4-2-8/h1-4,7,19H,5-6H2,(H3,14,16,17,20). The Morgan fingerprint density at radius 2 is 1.95 bits per heavy atom. The molecule has 0 amide bonds. The lowest BCUT2D eigenvalue weighted by Crippen LogP contribution is -2.12. The number of aromatic nitrogens is 4. The van der Waals surface area contributed by atoms with Crippen molar-refractivity contribution in [2.24, 2.45) is 0 Å². The molecular formula is C13H13N5O2. The summed E-state index contributed by atoms with van der Waals surface area (Å²) in [6.45, 7) is 0.542. The van der Waals surface area contributed by atoms with E-state index in [0.717, 1.165) is 11.1 Å². The molecule has 0 bridgehead atoms. The van der Waals surface area contributed by atoms with Gasteiger partial charge in [-0.2, -0.15) is 4.98 Å². The van der Waals surface area contributed by atoms with Crippen molar-refractivity contribution in [1.82, 2.24) is 19.5 Å². The van der Waals surface area contributed by atoms with Gasteiger partial charge in [0.15, 0.2) is 11.2 Å². The quantitative estimate of drug-likeness (QED) is 0.632. The topological polar surface area (TPSA) is 110 Å². The van der Waals surface area contributed by atoms with Gasteiger partial charge in [0, 0.05) is 0 Å². The first kappa shape index (κ1) is 12.4. The molecule has 0 atom stereocenters. The van der Waals surface area contributed by atoms with E-state index >= 15 is 0 Å². The number of hydrogen-bond acceptors (Lipinski definition) is 5. The summed E-state index contributed by atoms with van der Waals surface area (Å²) in [6, 6.07) is 7.52. The molecule has 7 nitrogen and oxygen atoms in total. The largest absolute Gasteiger partial charge is 0.392 e. The molecule has 0 unspecified atom stereocenters. The number of hydrogen-bond donors (Lipinski definition) is 3. The van der Waals surface area contributed by atoms with Gasteiger partial charge in [-0.3, -0.25) is 9.78 Å². The summed E-state index contributed by atoms with van der Waals surface area (Å²) < 4.78 is 1.76. The molecule has 0 saturated heterocycles. The van der Waals surface area contributed by atoms with E-state index in [2.05, 4.69) is 15.0 Å². The highest BCUT2D eigenvalue weighted by molar-refractivity contribution is 5.70. The van der Waals surface area contributed by atoms with E-state index in [1.54, 1.807) is 10.9 Å². The minimum atomic E-state index is -0.345. The third-order valence-corrected chi connectivity index (χ3v) is 3.05. The highest BCUT2D eigenvalue weighted by Crippen LogP contribution is 2.11. The highest BCUT2D eigenvalue weighted by Gasteiger charge is 2.09.